The molecule has 2 heterocycles. The number of hydrogen-bond donors (Lipinski definition) is 1. The zero-order valence-corrected chi connectivity index (χ0v) is 21.4. The van der Waals surface area contributed by atoms with Gasteiger partial charge in [-0.25, -0.2) is 19.2 Å². The third-order valence-corrected chi connectivity index (χ3v) is 6.89. The van der Waals surface area contributed by atoms with Gasteiger partial charge in [-0.15, -0.1) is 0 Å². The summed E-state index contributed by atoms with van der Waals surface area (Å²) in [5.41, 5.74) is 1.54. The highest BCUT2D eigenvalue weighted by atomic mass is 35.5. The molecule has 2 aliphatic rings. The molecular weight excluding hydrogens is 485 g/mol. The molecule has 2 atom stereocenters. The van der Waals surface area contributed by atoms with Gasteiger partial charge in [0, 0.05) is 25.2 Å². The van der Waals surface area contributed by atoms with Gasteiger partial charge < -0.3 is 15.1 Å². The number of nitrogens with one attached hydrogen (secondary N) is 1. The lowest BCUT2D eigenvalue weighted by atomic mass is 9.96. The van der Waals surface area contributed by atoms with E-state index in [-0.39, 0.29) is 49.7 Å². The minimum absolute atomic E-state index is 0.0210. The number of halogens is 2. The molecule has 0 aliphatic carbocycles. The van der Waals surface area contributed by atoms with Gasteiger partial charge in [-0.3, -0.25) is 9.59 Å². The smallest absolute Gasteiger partial charge is 0.333 e. The van der Waals surface area contributed by atoms with Crippen molar-refractivity contribution in [3.05, 3.63) is 70.5 Å². The Morgan fingerprint density at radius 2 is 1.83 bits per heavy atom. The molecule has 4 amide bonds. The summed E-state index contributed by atoms with van der Waals surface area (Å²) in [6, 6.07) is 12.1. The number of fused-ring (bicyclic) bond motifs is 1. The highest BCUT2D eigenvalue weighted by Gasteiger charge is 2.50. The van der Waals surface area contributed by atoms with Crippen molar-refractivity contribution in [3.63, 3.8) is 0 Å². The van der Waals surface area contributed by atoms with Crippen LogP contribution < -0.4 is 5.32 Å². The number of urea groups is 1. The molecule has 2 saturated heterocycles. The molecule has 8 nitrogen and oxygen atoms in total. The summed E-state index contributed by atoms with van der Waals surface area (Å²) >= 11 is 6.38. The molecule has 0 bridgehead atoms. The van der Waals surface area contributed by atoms with E-state index in [1.807, 2.05) is 32.0 Å². The molecule has 4 rings (SSSR count). The van der Waals surface area contributed by atoms with E-state index >= 15 is 0 Å². The minimum atomic E-state index is -0.681. The molecular formula is C26H31ClFN5O3. The first-order valence-electron chi connectivity index (χ1n) is 12.0. The maximum absolute atomic E-state index is 13.6. The fourth-order valence-electron chi connectivity index (χ4n) is 4.82. The molecule has 0 unspecified atom stereocenters. The fourth-order valence-corrected chi connectivity index (χ4v) is 5.01. The van der Waals surface area contributed by atoms with Crippen LogP contribution in [0.3, 0.4) is 0 Å². The van der Waals surface area contributed by atoms with E-state index in [0.717, 1.165) is 11.1 Å². The summed E-state index contributed by atoms with van der Waals surface area (Å²) in [5.74, 6) is -0.532. The van der Waals surface area contributed by atoms with Gasteiger partial charge in [0.25, 0.3) is 0 Å². The molecule has 2 aliphatic heterocycles. The molecule has 36 heavy (non-hydrogen) atoms. The third kappa shape index (κ3) is 5.47. The molecule has 10 heteroatoms. The van der Waals surface area contributed by atoms with Crippen molar-refractivity contribution < 1.29 is 18.8 Å². The van der Waals surface area contributed by atoms with Crippen molar-refractivity contribution in [1.82, 2.24) is 25.1 Å². The van der Waals surface area contributed by atoms with Crippen molar-refractivity contribution >= 4 is 29.4 Å². The molecule has 0 aromatic heterocycles. The van der Waals surface area contributed by atoms with Gasteiger partial charge in [0.2, 0.25) is 11.8 Å². The van der Waals surface area contributed by atoms with E-state index in [9.17, 15) is 18.8 Å². The Labute approximate surface area is 215 Å². The first-order chi connectivity index (χ1) is 17.2. The third-order valence-electron chi connectivity index (χ3n) is 6.52. The van der Waals surface area contributed by atoms with Gasteiger partial charge in [0.1, 0.15) is 18.0 Å². The second-order valence-electron chi connectivity index (χ2n) is 9.68. The number of carbonyl (C=O) groups is 3. The van der Waals surface area contributed by atoms with Crippen LogP contribution in [-0.2, 0) is 22.7 Å². The lowest BCUT2D eigenvalue weighted by molar-refractivity contribution is -0.188. The molecule has 1 N–H and O–H groups in total. The lowest BCUT2D eigenvalue weighted by Crippen LogP contribution is -2.75. The summed E-state index contributed by atoms with van der Waals surface area (Å²) < 4.78 is 13.2. The topological polar surface area (TPSA) is 76.2 Å². The van der Waals surface area contributed by atoms with Crippen LogP contribution in [0.2, 0.25) is 5.02 Å². The van der Waals surface area contributed by atoms with E-state index in [0.29, 0.717) is 11.4 Å². The van der Waals surface area contributed by atoms with Gasteiger partial charge in [-0.2, -0.15) is 0 Å². The Kier molecular flexibility index (Phi) is 7.80. The lowest BCUT2D eigenvalue weighted by Gasteiger charge is -2.54. The molecule has 0 spiro atoms. The summed E-state index contributed by atoms with van der Waals surface area (Å²) in [6.45, 7) is 4.61. The van der Waals surface area contributed by atoms with Gasteiger partial charge in [0.05, 0.1) is 13.1 Å². The number of carbonyl (C=O) groups excluding carboxylic acids is 3. The number of hydrazine groups is 1. The number of rotatable bonds is 6. The molecule has 0 radical (unpaired) electrons. The second kappa shape index (κ2) is 10.8. The predicted octanol–water partition coefficient (Wildman–Crippen LogP) is 3.46. The average molecular weight is 516 g/mol. The zero-order valence-electron chi connectivity index (χ0n) is 20.7. The van der Waals surface area contributed by atoms with Crippen LogP contribution in [0.25, 0.3) is 0 Å². The highest BCUT2D eigenvalue weighted by Crippen LogP contribution is 2.30. The van der Waals surface area contributed by atoms with Crippen LogP contribution in [0, 0.1) is 11.7 Å². The number of piperazine rings is 1. The monoisotopic (exact) mass is 515 g/mol. The average Bonchev–Trinajstić information content (AvgIpc) is 2.82. The standard InChI is InChI=1S/C26H31ClFN5O3/c1-17(2)12-22-25(35)31(14-19-6-4-5-7-21(19)27)15-23-32(22)24(34)16-30(3)33(23)26(36)29-13-18-8-10-20(28)11-9-18/h4-11,17,22-23H,12-16H2,1-3H3,(H,29,36)/t22-,23-/m0/s1. The Morgan fingerprint density at radius 1 is 1.14 bits per heavy atom. The van der Waals surface area contributed by atoms with Crippen molar-refractivity contribution in [3.8, 4) is 0 Å². The quantitative estimate of drug-likeness (QED) is 0.639. The number of amides is 4. The van der Waals surface area contributed by atoms with E-state index in [1.54, 1.807) is 40.1 Å². The normalized spacial score (nSPS) is 20.7. The van der Waals surface area contributed by atoms with Crippen LogP contribution in [-0.4, -0.2) is 70.0 Å². The van der Waals surface area contributed by atoms with Crippen molar-refractivity contribution in [2.75, 3.05) is 20.1 Å². The summed E-state index contributed by atoms with van der Waals surface area (Å²) in [5, 5.41) is 6.51. The maximum atomic E-state index is 13.6. The van der Waals surface area contributed by atoms with Gasteiger partial charge in [0.15, 0.2) is 0 Å². The predicted molar refractivity (Wildman–Crippen MR) is 134 cm³/mol. The Bertz CT molecular complexity index is 1130. The first kappa shape index (κ1) is 25.9. The molecule has 0 saturated carbocycles. The fraction of sp³-hybridized carbons (Fsp3) is 0.423. The summed E-state index contributed by atoms with van der Waals surface area (Å²) in [6.07, 6.45) is -0.192. The zero-order chi connectivity index (χ0) is 26.0. The summed E-state index contributed by atoms with van der Waals surface area (Å²) in [7, 11) is 1.68. The molecule has 2 aromatic carbocycles. The number of hydrogen-bond acceptors (Lipinski definition) is 4. The first-order valence-corrected chi connectivity index (χ1v) is 12.4. The van der Waals surface area contributed by atoms with E-state index in [1.165, 1.54) is 17.1 Å². The Morgan fingerprint density at radius 3 is 2.50 bits per heavy atom. The van der Waals surface area contributed by atoms with Gasteiger partial charge >= 0.3 is 6.03 Å². The second-order valence-corrected chi connectivity index (χ2v) is 10.1. The molecule has 2 aromatic rings. The van der Waals surface area contributed by atoms with E-state index < -0.39 is 18.2 Å². The van der Waals surface area contributed by atoms with Crippen LogP contribution in [0.15, 0.2) is 48.5 Å². The van der Waals surface area contributed by atoms with Crippen LogP contribution in [0.1, 0.15) is 31.4 Å². The Balaban J connectivity index is 1.61. The van der Waals surface area contributed by atoms with Crippen LogP contribution >= 0.6 is 11.6 Å². The number of nitrogens with zero attached hydrogens (tertiary/aromatic N) is 4. The largest absolute Gasteiger partial charge is 0.334 e. The molecule has 192 valence electrons. The van der Waals surface area contributed by atoms with Gasteiger partial charge in [-0.05, 0) is 41.7 Å². The van der Waals surface area contributed by atoms with E-state index in [4.69, 9.17) is 11.6 Å². The minimum Gasteiger partial charge on any atom is -0.333 e. The molecule has 2 fully saturated rings. The van der Waals surface area contributed by atoms with Crippen molar-refractivity contribution in [1.29, 1.82) is 0 Å². The van der Waals surface area contributed by atoms with E-state index in [2.05, 4.69) is 5.32 Å². The number of benzene rings is 2. The van der Waals surface area contributed by atoms with Crippen LogP contribution in [0.5, 0.6) is 0 Å². The summed E-state index contributed by atoms with van der Waals surface area (Å²) in [4.78, 5) is 43.4. The number of likely N-dealkylation sites (N-methyl/N-ethyl adjacent to an activating group) is 1. The SMILES string of the molecule is CC(C)C[C@H]1C(=O)N(Cc2ccccc2Cl)C[C@H]2N1C(=O)CN(C)N2C(=O)NCc1ccc(F)cc1. The van der Waals surface area contributed by atoms with Crippen molar-refractivity contribution in [2.24, 2.45) is 5.92 Å². The Hall–Kier alpha value is -3.17. The van der Waals surface area contributed by atoms with Crippen LogP contribution in [0.4, 0.5) is 9.18 Å². The highest BCUT2D eigenvalue weighted by molar-refractivity contribution is 6.31. The van der Waals surface area contributed by atoms with Gasteiger partial charge in [-0.1, -0.05) is 55.8 Å². The van der Waals surface area contributed by atoms with Crippen molar-refractivity contribution in [2.45, 2.75) is 45.6 Å². The maximum Gasteiger partial charge on any atom is 0.334 e.